The maximum atomic E-state index is 12.1. The zero-order valence-corrected chi connectivity index (χ0v) is 8.36. The van der Waals surface area contributed by atoms with E-state index in [9.17, 15) is 26.3 Å². The third-order valence-electron chi connectivity index (χ3n) is 1.82. The second-order valence-corrected chi connectivity index (χ2v) is 3.35. The van der Waals surface area contributed by atoms with E-state index in [0.717, 1.165) is 18.0 Å². The van der Waals surface area contributed by atoms with Crippen LogP contribution in [0.25, 0.3) is 0 Å². The van der Waals surface area contributed by atoms with Crippen LogP contribution in [-0.4, -0.2) is 37.4 Å². The van der Waals surface area contributed by atoms with Crippen LogP contribution in [0.1, 0.15) is 6.42 Å². The summed E-state index contributed by atoms with van der Waals surface area (Å²) in [4.78, 5) is 0.842. The molecule has 0 aliphatic carbocycles. The Hall–Kier alpha value is -0.970. The average Bonchev–Trinajstić information content (AvgIpc) is 2.07. The van der Waals surface area contributed by atoms with Gasteiger partial charge < -0.3 is 4.90 Å². The number of nitrogens with zero attached hydrogens (tertiary/aromatic N) is 2. The predicted octanol–water partition coefficient (Wildman–Crippen LogP) is 2.57. The van der Waals surface area contributed by atoms with Crippen LogP contribution < -0.4 is 0 Å². The summed E-state index contributed by atoms with van der Waals surface area (Å²) in [6.07, 6.45) is -10.3. The van der Waals surface area contributed by atoms with E-state index in [4.69, 9.17) is 5.26 Å². The maximum Gasteiger partial charge on any atom is 0.405 e. The third-order valence-corrected chi connectivity index (χ3v) is 1.82. The lowest BCUT2D eigenvalue weighted by Crippen LogP contribution is -2.35. The molecule has 0 rings (SSSR count). The van der Waals surface area contributed by atoms with Crippen molar-refractivity contribution in [1.82, 2.24) is 4.90 Å². The van der Waals surface area contributed by atoms with Crippen molar-refractivity contribution < 1.29 is 26.3 Å². The number of halogens is 6. The third kappa shape index (κ3) is 6.50. The molecular weight excluding hydrogens is 238 g/mol. The molecule has 0 aromatic rings. The Morgan fingerprint density at radius 3 is 2.00 bits per heavy atom. The van der Waals surface area contributed by atoms with Crippen molar-refractivity contribution in [2.45, 2.75) is 18.8 Å². The quantitative estimate of drug-likeness (QED) is 0.715. The van der Waals surface area contributed by atoms with Gasteiger partial charge in [0, 0.05) is 13.1 Å². The zero-order valence-electron chi connectivity index (χ0n) is 8.36. The first-order chi connectivity index (χ1) is 7.06. The molecule has 2 nitrogen and oxygen atoms in total. The Labute approximate surface area is 88.4 Å². The number of hydrogen-bond acceptors (Lipinski definition) is 2. The fraction of sp³-hybridized carbons (Fsp3) is 0.875. The highest BCUT2D eigenvalue weighted by Crippen LogP contribution is 2.26. The van der Waals surface area contributed by atoms with Crippen molar-refractivity contribution in [2.75, 3.05) is 20.1 Å². The minimum absolute atomic E-state index is 0.558. The van der Waals surface area contributed by atoms with E-state index in [1.54, 1.807) is 0 Å². The van der Waals surface area contributed by atoms with Gasteiger partial charge in [-0.1, -0.05) is 0 Å². The van der Waals surface area contributed by atoms with Crippen LogP contribution in [-0.2, 0) is 0 Å². The number of nitriles is 1. The van der Waals surface area contributed by atoms with E-state index < -0.39 is 37.8 Å². The fourth-order valence-corrected chi connectivity index (χ4v) is 0.938. The van der Waals surface area contributed by atoms with Gasteiger partial charge in [-0.15, -0.1) is 0 Å². The number of alkyl halides is 6. The van der Waals surface area contributed by atoms with Crippen LogP contribution in [0.4, 0.5) is 26.3 Å². The Bertz CT molecular complexity index is 251. The molecule has 0 fully saturated rings. The Morgan fingerprint density at radius 1 is 1.19 bits per heavy atom. The number of hydrogen-bond donors (Lipinski definition) is 0. The normalized spacial score (nSPS) is 14.9. The second-order valence-electron chi connectivity index (χ2n) is 3.35. The summed E-state index contributed by atoms with van der Waals surface area (Å²) < 4.78 is 71.5. The number of rotatable bonds is 4. The van der Waals surface area contributed by atoms with Crippen molar-refractivity contribution in [1.29, 1.82) is 5.26 Å². The van der Waals surface area contributed by atoms with Crippen LogP contribution in [0.5, 0.6) is 0 Å². The van der Waals surface area contributed by atoms with Gasteiger partial charge in [0.1, 0.15) is 0 Å². The molecule has 0 radical (unpaired) electrons. The van der Waals surface area contributed by atoms with Crippen molar-refractivity contribution >= 4 is 0 Å². The van der Waals surface area contributed by atoms with E-state index in [1.165, 1.54) is 0 Å². The van der Waals surface area contributed by atoms with Crippen molar-refractivity contribution in [3.8, 4) is 6.07 Å². The summed E-state index contributed by atoms with van der Waals surface area (Å²) in [7, 11) is 1.11. The molecule has 0 amide bonds. The van der Waals surface area contributed by atoms with Gasteiger partial charge in [0.25, 0.3) is 0 Å². The van der Waals surface area contributed by atoms with Gasteiger partial charge in [-0.25, -0.2) is 0 Å². The van der Waals surface area contributed by atoms with Crippen LogP contribution in [0, 0.1) is 17.2 Å². The summed E-state index contributed by atoms with van der Waals surface area (Å²) in [5.41, 5.74) is 0. The first-order valence-corrected chi connectivity index (χ1v) is 4.28. The summed E-state index contributed by atoms with van der Waals surface area (Å²) in [5.74, 6) is -2.26. The molecule has 0 saturated carbocycles. The molecule has 16 heavy (non-hydrogen) atoms. The van der Waals surface area contributed by atoms with Gasteiger partial charge in [0.05, 0.1) is 12.5 Å². The summed E-state index contributed by atoms with van der Waals surface area (Å²) in [6.45, 7) is -1.31. The zero-order chi connectivity index (χ0) is 13.0. The lowest BCUT2D eigenvalue weighted by atomic mass is 10.1. The molecule has 0 N–H and O–H groups in total. The lowest BCUT2D eigenvalue weighted by molar-refractivity contribution is -0.164. The first kappa shape index (κ1) is 15.0. The minimum atomic E-state index is -4.71. The SMILES string of the molecule is CN(CCC(F)(F)F)CC(C#N)C(F)(F)F. The minimum Gasteiger partial charge on any atom is -0.304 e. The standard InChI is InChI=1S/C8H10F6N2/c1-16(3-2-7(9,10)11)5-6(4-15)8(12,13)14/h6H,2-3,5H2,1H3. The molecule has 0 aliphatic heterocycles. The molecule has 0 aliphatic rings. The Kier molecular flexibility index (Phi) is 5.06. The van der Waals surface area contributed by atoms with Crippen LogP contribution in [0.3, 0.4) is 0 Å². The molecule has 1 unspecified atom stereocenters. The predicted molar refractivity (Wildman–Crippen MR) is 43.3 cm³/mol. The maximum absolute atomic E-state index is 12.1. The highest BCUT2D eigenvalue weighted by Gasteiger charge is 2.40. The van der Waals surface area contributed by atoms with E-state index in [0.29, 0.717) is 0 Å². The van der Waals surface area contributed by atoms with Gasteiger partial charge in [-0.2, -0.15) is 31.6 Å². The Balaban J connectivity index is 4.14. The van der Waals surface area contributed by atoms with Crippen LogP contribution in [0.15, 0.2) is 0 Å². The van der Waals surface area contributed by atoms with Gasteiger partial charge in [-0.05, 0) is 7.05 Å². The first-order valence-electron chi connectivity index (χ1n) is 4.28. The molecule has 0 aromatic carbocycles. The second kappa shape index (κ2) is 5.39. The van der Waals surface area contributed by atoms with Gasteiger partial charge in [0.2, 0.25) is 0 Å². The molecular formula is C8H10F6N2. The van der Waals surface area contributed by atoms with Gasteiger partial charge in [0.15, 0.2) is 5.92 Å². The molecule has 94 valence electrons. The topological polar surface area (TPSA) is 27.0 Å². The largest absolute Gasteiger partial charge is 0.405 e. The summed E-state index contributed by atoms with van der Waals surface area (Å²) >= 11 is 0. The molecule has 0 aromatic heterocycles. The van der Waals surface area contributed by atoms with Gasteiger partial charge >= 0.3 is 12.4 Å². The van der Waals surface area contributed by atoms with E-state index in [-0.39, 0.29) is 0 Å². The van der Waals surface area contributed by atoms with Crippen molar-refractivity contribution in [3.05, 3.63) is 0 Å². The smallest absolute Gasteiger partial charge is 0.304 e. The molecule has 0 heterocycles. The molecule has 8 heteroatoms. The molecule has 0 saturated heterocycles. The van der Waals surface area contributed by atoms with E-state index >= 15 is 0 Å². The van der Waals surface area contributed by atoms with Gasteiger partial charge in [-0.3, -0.25) is 0 Å². The Morgan fingerprint density at radius 2 is 1.69 bits per heavy atom. The average molecular weight is 248 g/mol. The van der Waals surface area contributed by atoms with E-state index in [1.807, 2.05) is 0 Å². The van der Waals surface area contributed by atoms with Crippen LogP contribution >= 0.6 is 0 Å². The molecule has 0 spiro atoms. The van der Waals surface area contributed by atoms with Crippen molar-refractivity contribution in [3.63, 3.8) is 0 Å². The highest BCUT2D eigenvalue weighted by molar-refractivity contribution is 4.90. The fourth-order valence-electron chi connectivity index (χ4n) is 0.938. The highest BCUT2D eigenvalue weighted by atomic mass is 19.4. The summed E-state index contributed by atoms with van der Waals surface area (Å²) in [6, 6.07) is 1.02. The van der Waals surface area contributed by atoms with E-state index in [2.05, 4.69) is 0 Å². The van der Waals surface area contributed by atoms with Crippen LogP contribution in [0.2, 0.25) is 0 Å². The summed E-state index contributed by atoms with van der Waals surface area (Å²) in [5, 5.41) is 8.22. The monoisotopic (exact) mass is 248 g/mol. The molecule has 0 bridgehead atoms. The van der Waals surface area contributed by atoms with Crippen molar-refractivity contribution in [2.24, 2.45) is 5.92 Å². The lowest BCUT2D eigenvalue weighted by Gasteiger charge is -2.21. The molecule has 1 atom stereocenters.